The first kappa shape index (κ1) is 15.5. The molecule has 6 heteroatoms. The Balaban J connectivity index is 0.000000288. The lowest BCUT2D eigenvalue weighted by Crippen LogP contribution is -2.19. The van der Waals surface area contributed by atoms with E-state index in [9.17, 15) is 4.79 Å². The average Bonchev–Trinajstić information content (AvgIpc) is 2.31. The molecule has 96 valence electrons. The highest BCUT2D eigenvalue weighted by Gasteiger charge is 2.05. The molecule has 6 nitrogen and oxygen atoms in total. The normalized spacial score (nSPS) is 15.5. The molecule has 1 rings (SSSR count). The molecular weight excluding hydrogens is 214 g/mol. The molecule has 0 aliphatic heterocycles. The molecule has 16 heavy (non-hydrogen) atoms. The van der Waals surface area contributed by atoms with Gasteiger partial charge in [-0.15, -0.1) is 0 Å². The standard InChI is InChI=1S/C6H10O.C4H11NO4/c7-6-4-2-1-3-5-6;6-1-3-8-5-9-4-2-7/h1-5H2;5-7H,1-4H2. The third kappa shape index (κ3) is 11.5. The highest BCUT2D eigenvalue weighted by Crippen LogP contribution is 2.12. The van der Waals surface area contributed by atoms with Crippen LogP contribution in [-0.4, -0.2) is 42.4 Å². The van der Waals surface area contributed by atoms with E-state index in [1.807, 2.05) is 0 Å². The maximum absolute atomic E-state index is 10.5. The third-order valence-corrected chi connectivity index (χ3v) is 1.92. The van der Waals surface area contributed by atoms with Crippen LogP contribution in [0.5, 0.6) is 0 Å². The summed E-state index contributed by atoms with van der Waals surface area (Å²) in [4.78, 5) is 19.4. The van der Waals surface area contributed by atoms with Crippen LogP contribution in [0.15, 0.2) is 0 Å². The highest BCUT2D eigenvalue weighted by atomic mass is 16.9. The van der Waals surface area contributed by atoms with E-state index in [0.717, 1.165) is 25.7 Å². The van der Waals surface area contributed by atoms with E-state index in [0.29, 0.717) is 5.78 Å². The molecule has 3 N–H and O–H groups in total. The summed E-state index contributed by atoms with van der Waals surface area (Å²) in [6.07, 6.45) is 5.24. The van der Waals surface area contributed by atoms with Crippen LogP contribution < -0.4 is 5.64 Å². The second-order valence-corrected chi connectivity index (χ2v) is 3.33. The molecule has 0 amide bonds. The van der Waals surface area contributed by atoms with Gasteiger partial charge in [0.2, 0.25) is 0 Å². The number of Topliss-reactive ketones (excluding diaryl/α,β-unsaturated/α-hetero) is 1. The van der Waals surface area contributed by atoms with Crippen molar-refractivity contribution in [1.82, 2.24) is 5.64 Å². The molecule has 0 aromatic carbocycles. The van der Waals surface area contributed by atoms with Gasteiger partial charge in [-0.2, -0.15) is 0 Å². The second kappa shape index (κ2) is 12.5. The minimum absolute atomic E-state index is 0.0600. The van der Waals surface area contributed by atoms with E-state index < -0.39 is 0 Å². The predicted octanol–water partition coefficient (Wildman–Crippen LogP) is -0.0566. The van der Waals surface area contributed by atoms with Crippen molar-refractivity contribution in [2.75, 3.05) is 26.4 Å². The fourth-order valence-corrected chi connectivity index (χ4v) is 1.16. The van der Waals surface area contributed by atoms with Crippen molar-refractivity contribution in [2.45, 2.75) is 32.1 Å². The number of hydrogen-bond donors (Lipinski definition) is 3. The zero-order chi connectivity index (χ0) is 12.1. The summed E-state index contributed by atoms with van der Waals surface area (Å²) >= 11 is 0. The SMILES string of the molecule is O=C1CCCCC1.OCCONOCCO. The fourth-order valence-electron chi connectivity index (χ4n) is 1.16. The summed E-state index contributed by atoms with van der Waals surface area (Å²) in [6, 6.07) is 0. The van der Waals surface area contributed by atoms with Gasteiger partial charge in [-0.05, 0) is 12.8 Å². The van der Waals surface area contributed by atoms with Crippen molar-refractivity contribution < 1.29 is 24.7 Å². The van der Waals surface area contributed by atoms with E-state index >= 15 is 0 Å². The molecule has 0 heterocycles. The van der Waals surface area contributed by atoms with Gasteiger partial charge in [0, 0.05) is 12.8 Å². The van der Waals surface area contributed by atoms with Gasteiger partial charge in [0.25, 0.3) is 0 Å². The number of aliphatic hydroxyl groups excluding tert-OH is 2. The van der Waals surface area contributed by atoms with Gasteiger partial charge in [0.15, 0.2) is 0 Å². The summed E-state index contributed by atoms with van der Waals surface area (Å²) in [5.41, 5.74) is 2.07. The molecular formula is C10H21NO5. The zero-order valence-electron chi connectivity index (χ0n) is 9.48. The number of nitrogens with one attached hydrogen (secondary N) is 1. The van der Waals surface area contributed by atoms with E-state index in [-0.39, 0.29) is 26.4 Å². The largest absolute Gasteiger partial charge is 0.394 e. The van der Waals surface area contributed by atoms with Gasteiger partial charge < -0.3 is 10.2 Å². The van der Waals surface area contributed by atoms with Gasteiger partial charge in [-0.25, -0.2) is 0 Å². The van der Waals surface area contributed by atoms with Crippen LogP contribution in [0.4, 0.5) is 0 Å². The lowest BCUT2D eigenvalue weighted by molar-refractivity contribution is -0.178. The first-order chi connectivity index (χ1) is 7.81. The summed E-state index contributed by atoms with van der Waals surface area (Å²) in [7, 11) is 0. The molecule has 0 saturated heterocycles. The van der Waals surface area contributed by atoms with Crippen molar-refractivity contribution >= 4 is 5.78 Å². The molecule has 0 atom stereocenters. The lowest BCUT2D eigenvalue weighted by atomic mass is 10.00. The van der Waals surface area contributed by atoms with Crippen molar-refractivity contribution in [2.24, 2.45) is 0 Å². The first-order valence-corrected chi connectivity index (χ1v) is 5.53. The van der Waals surface area contributed by atoms with Crippen LogP contribution in [0.3, 0.4) is 0 Å². The number of rotatable bonds is 6. The Kier molecular flexibility index (Phi) is 12.1. The molecule has 0 spiro atoms. The molecule has 0 bridgehead atoms. The topological polar surface area (TPSA) is 88.0 Å². The molecule has 1 saturated carbocycles. The zero-order valence-corrected chi connectivity index (χ0v) is 9.48. The summed E-state index contributed by atoms with van der Waals surface area (Å²) < 4.78 is 0. The van der Waals surface area contributed by atoms with Crippen molar-refractivity contribution in [3.63, 3.8) is 0 Å². The van der Waals surface area contributed by atoms with Crippen molar-refractivity contribution in [3.05, 3.63) is 0 Å². The minimum Gasteiger partial charge on any atom is -0.394 e. The van der Waals surface area contributed by atoms with Gasteiger partial charge in [-0.3, -0.25) is 14.5 Å². The first-order valence-electron chi connectivity index (χ1n) is 5.53. The van der Waals surface area contributed by atoms with Crippen LogP contribution in [0.1, 0.15) is 32.1 Å². The van der Waals surface area contributed by atoms with Crippen molar-refractivity contribution in [3.8, 4) is 0 Å². The van der Waals surface area contributed by atoms with Crippen LogP contribution >= 0.6 is 0 Å². The Bertz CT molecular complexity index is 151. The molecule has 0 unspecified atom stereocenters. The van der Waals surface area contributed by atoms with Gasteiger partial charge >= 0.3 is 0 Å². The predicted molar refractivity (Wildman–Crippen MR) is 57.3 cm³/mol. The Morgan fingerprint density at radius 3 is 1.81 bits per heavy atom. The maximum atomic E-state index is 10.5. The van der Waals surface area contributed by atoms with Crippen LogP contribution in [-0.2, 0) is 14.5 Å². The summed E-state index contributed by atoms with van der Waals surface area (Å²) in [5.74, 6) is 0.464. The number of ketones is 1. The Hall–Kier alpha value is -0.530. The average molecular weight is 235 g/mol. The van der Waals surface area contributed by atoms with E-state index in [2.05, 4.69) is 15.3 Å². The Morgan fingerprint density at radius 2 is 1.50 bits per heavy atom. The number of aliphatic hydroxyl groups is 2. The number of carbonyl (C=O) groups is 1. The maximum Gasteiger partial charge on any atom is 0.132 e. The smallest absolute Gasteiger partial charge is 0.132 e. The molecule has 1 aliphatic rings. The third-order valence-electron chi connectivity index (χ3n) is 1.92. The van der Waals surface area contributed by atoms with E-state index in [1.165, 1.54) is 6.42 Å². The van der Waals surface area contributed by atoms with Gasteiger partial charge in [0.05, 0.1) is 26.4 Å². The van der Waals surface area contributed by atoms with Crippen molar-refractivity contribution in [1.29, 1.82) is 0 Å². The molecule has 1 fully saturated rings. The quantitative estimate of drug-likeness (QED) is 0.441. The number of hydrogen-bond acceptors (Lipinski definition) is 6. The minimum atomic E-state index is -0.0600. The Labute approximate surface area is 95.5 Å². The lowest BCUT2D eigenvalue weighted by Gasteiger charge is -2.05. The van der Waals surface area contributed by atoms with Gasteiger partial charge in [0.1, 0.15) is 5.78 Å². The number of carbonyl (C=O) groups excluding carboxylic acids is 1. The van der Waals surface area contributed by atoms with E-state index in [1.54, 1.807) is 0 Å². The summed E-state index contributed by atoms with van der Waals surface area (Å²) in [5, 5.41) is 16.3. The molecule has 0 aromatic rings. The monoisotopic (exact) mass is 235 g/mol. The molecule has 0 aromatic heterocycles. The van der Waals surface area contributed by atoms with Crippen LogP contribution in [0, 0.1) is 0 Å². The fraction of sp³-hybridized carbons (Fsp3) is 0.900. The Morgan fingerprint density at radius 1 is 1.00 bits per heavy atom. The van der Waals surface area contributed by atoms with Crippen LogP contribution in [0.25, 0.3) is 0 Å². The summed E-state index contributed by atoms with van der Waals surface area (Å²) in [6.45, 7) is 0.224. The van der Waals surface area contributed by atoms with Gasteiger partial charge in [-0.1, -0.05) is 12.1 Å². The van der Waals surface area contributed by atoms with Crippen LogP contribution in [0.2, 0.25) is 0 Å². The second-order valence-electron chi connectivity index (χ2n) is 3.33. The molecule has 1 aliphatic carbocycles. The molecule has 0 radical (unpaired) electrons. The van der Waals surface area contributed by atoms with E-state index in [4.69, 9.17) is 10.2 Å². The highest BCUT2D eigenvalue weighted by molar-refractivity contribution is 5.78.